The average Bonchev–Trinajstić information content (AvgIpc) is 3.77. The SMILES string of the molecule is C=C1NC(C[C@@H]2CCCO2)(c2ccccc2)C(=O)N1Cc1ccc(C(C)(C)C)c(C(=O)N2Cc3nccnc3C2)c1.CC(C)(C)C(=O)[O-]. The smallest absolute Gasteiger partial charge is 0.258 e. The third-order valence-electron chi connectivity index (χ3n) is 9.02. The molecule has 0 bridgehead atoms. The molecule has 10 heteroatoms. The van der Waals surface area contributed by atoms with Gasteiger partial charge in [0.1, 0.15) is 11.4 Å². The van der Waals surface area contributed by atoms with E-state index >= 15 is 0 Å². The lowest BCUT2D eigenvalue weighted by atomic mass is 9.82. The number of carbonyl (C=O) groups excluding carboxylic acids is 3. The van der Waals surface area contributed by atoms with Crippen LogP contribution >= 0.6 is 0 Å². The highest BCUT2D eigenvalue weighted by atomic mass is 16.5. The van der Waals surface area contributed by atoms with E-state index in [0.29, 0.717) is 37.4 Å². The van der Waals surface area contributed by atoms with Crippen LogP contribution in [0.4, 0.5) is 0 Å². The molecule has 3 aliphatic heterocycles. The molecule has 0 spiro atoms. The number of carboxylic acids is 1. The summed E-state index contributed by atoms with van der Waals surface area (Å²) in [5.41, 5.74) is 3.16. The van der Waals surface area contributed by atoms with Crippen molar-refractivity contribution in [1.29, 1.82) is 0 Å². The fourth-order valence-corrected chi connectivity index (χ4v) is 6.30. The molecule has 0 aliphatic carbocycles. The molecule has 4 heterocycles. The van der Waals surface area contributed by atoms with Crippen molar-refractivity contribution in [1.82, 2.24) is 25.1 Å². The summed E-state index contributed by atoms with van der Waals surface area (Å²) in [6.07, 6.45) is 5.80. The van der Waals surface area contributed by atoms with E-state index in [1.807, 2.05) is 48.5 Å². The van der Waals surface area contributed by atoms with Crippen molar-refractivity contribution < 1.29 is 24.2 Å². The molecule has 2 atom stereocenters. The number of carboxylic acid groups (broad SMARTS) is 1. The summed E-state index contributed by atoms with van der Waals surface area (Å²) in [5, 5.41) is 13.4. The Kier molecular flexibility index (Phi) is 9.78. The van der Waals surface area contributed by atoms with Crippen molar-refractivity contribution in [3.63, 3.8) is 0 Å². The van der Waals surface area contributed by atoms with Crippen molar-refractivity contribution in [3.8, 4) is 0 Å². The van der Waals surface area contributed by atoms with Gasteiger partial charge >= 0.3 is 0 Å². The molecular formula is C38H46N5O5-. The molecule has 48 heavy (non-hydrogen) atoms. The van der Waals surface area contributed by atoms with Crippen LogP contribution in [0.5, 0.6) is 0 Å². The van der Waals surface area contributed by atoms with Crippen LogP contribution in [-0.4, -0.2) is 50.3 Å². The lowest BCUT2D eigenvalue weighted by Gasteiger charge is -2.30. The quantitative estimate of drug-likeness (QED) is 0.410. The van der Waals surface area contributed by atoms with Gasteiger partial charge in [-0.2, -0.15) is 0 Å². The first-order valence-corrected chi connectivity index (χ1v) is 16.5. The zero-order valence-corrected chi connectivity index (χ0v) is 28.8. The summed E-state index contributed by atoms with van der Waals surface area (Å²) < 4.78 is 5.97. The first-order valence-electron chi connectivity index (χ1n) is 16.5. The summed E-state index contributed by atoms with van der Waals surface area (Å²) in [5.74, 6) is -0.563. The minimum atomic E-state index is -1.01. The molecule has 2 fully saturated rings. The van der Waals surface area contributed by atoms with Crippen molar-refractivity contribution in [2.75, 3.05) is 6.61 Å². The van der Waals surface area contributed by atoms with Crippen LogP contribution < -0.4 is 10.4 Å². The number of benzene rings is 2. The maximum Gasteiger partial charge on any atom is 0.258 e. The standard InChI is InChI=1S/C33H37N5O3.C5H10O2/c1-22-36-33(18-25-11-8-16-41-25,24-9-6-5-7-10-24)31(40)38(22)19-23-12-13-27(32(2,3)4)26(17-23)30(39)37-20-28-29(21-37)35-15-14-34-28;1-5(2,3)4(6)7/h5-7,9-10,12-15,17,25,36H,1,8,11,16,18-21H2,2-4H3;1-3H3,(H,6,7)/p-1/t25-,33?;/m0./s1. The Bertz CT molecular complexity index is 1660. The number of amides is 2. The normalized spacial score (nSPS) is 20.7. The van der Waals surface area contributed by atoms with Gasteiger partial charge in [0.25, 0.3) is 11.8 Å². The summed E-state index contributed by atoms with van der Waals surface area (Å²) in [4.78, 5) is 50.4. The highest BCUT2D eigenvalue weighted by molar-refractivity contribution is 5.97. The van der Waals surface area contributed by atoms with Crippen LogP contribution in [0.3, 0.4) is 0 Å². The van der Waals surface area contributed by atoms with Crippen molar-refractivity contribution in [2.45, 2.75) is 97.5 Å². The van der Waals surface area contributed by atoms with Crippen LogP contribution in [0.25, 0.3) is 0 Å². The van der Waals surface area contributed by atoms with Crippen LogP contribution in [-0.2, 0) is 44.9 Å². The molecule has 1 aromatic heterocycles. The topological polar surface area (TPSA) is 128 Å². The number of hydrogen-bond acceptors (Lipinski definition) is 8. The molecule has 1 unspecified atom stereocenters. The van der Waals surface area contributed by atoms with Crippen LogP contribution in [0, 0.1) is 5.41 Å². The minimum absolute atomic E-state index is 0.00302. The molecule has 0 radical (unpaired) electrons. The van der Waals surface area contributed by atoms with Gasteiger partial charge in [0.15, 0.2) is 0 Å². The first kappa shape index (κ1) is 34.8. The molecule has 2 amide bonds. The predicted molar refractivity (Wildman–Crippen MR) is 180 cm³/mol. The van der Waals surface area contributed by atoms with Crippen molar-refractivity contribution in [3.05, 3.63) is 107 Å². The highest BCUT2D eigenvalue weighted by Gasteiger charge is 2.51. The number of rotatable bonds is 6. The van der Waals surface area contributed by atoms with Gasteiger partial charge in [0.05, 0.1) is 37.1 Å². The second kappa shape index (κ2) is 13.5. The Balaban J connectivity index is 0.000000582. The van der Waals surface area contributed by atoms with E-state index in [2.05, 4.69) is 42.6 Å². The number of fused-ring (bicyclic) bond motifs is 1. The highest BCUT2D eigenvalue weighted by Crippen LogP contribution is 2.39. The molecule has 10 nitrogen and oxygen atoms in total. The average molecular weight is 653 g/mol. The lowest BCUT2D eigenvalue weighted by molar-refractivity contribution is -0.316. The van der Waals surface area contributed by atoms with Gasteiger partial charge in [-0.05, 0) is 41.0 Å². The van der Waals surface area contributed by atoms with Crippen molar-refractivity contribution >= 4 is 17.8 Å². The number of nitrogens with one attached hydrogen (secondary N) is 1. The second-order valence-electron chi connectivity index (χ2n) is 14.9. The lowest BCUT2D eigenvalue weighted by Crippen LogP contribution is -2.46. The summed E-state index contributed by atoms with van der Waals surface area (Å²) in [7, 11) is 0. The predicted octanol–water partition coefficient (Wildman–Crippen LogP) is 4.58. The van der Waals surface area contributed by atoms with Gasteiger partial charge in [-0.15, -0.1) is 0 Å². The number of aliphatic carboxylic acids is 1. The van der Waals surface area contributed by atoms with Gasteiger partial charge in [-0.3, -0.25) is 24.5 Å². The van der Waals surface area contributed by atoms with Gasteiger partial charge in [0.2, 0.25) is 0 Å². The Morgan fingerprint density at radius 3 is 2.19 bits per heavy atom. The third-order valence-corrected chi connectivity index (χ3v) is 9.02. The van der Waals surface area contributed by atoms with Crippen LogP contribution in [0.1, 0.15) is 99.2 Å². The maximum absolute atomic E-state index is 14.3. The number of nitrogens with zero attached hydrogens (tertiary/aromatic N) is 4. The number of ether oxygens (including phenoxy) is 1. The van der Waals surface area contributed by atoms with Gasteiger partial charge in [0, 0.05) is 42.4 Å². The fraction of sp³-hybridized carbons (Fsp3) is 0.447. The van der Waals surface area contributed by atoms with Crippen LogP contribution in [0.2, 0.25) is 0 Å². The maximum atomic E-state index is 14.3. The molecule has 254 valence electrons. The number of aromatic nitrogens is 2. The summed E-state index contributed by atoms with van der Waals surface area (Å²) in [6.45, 7) is 17.3. The minimum Gasteiger partial charge on any atom is -0.550 e. The van der Waals surface area contributed by atoms with E-state index in [9.17, 15) is 19.5 Å². The first-order chi connectivity index (χ1) is 22.6. The van der Waals surface area contributed by atoms with Gasteiger partial charge in [-0.25, -0.2) is 0 Å². The summed E-state index contributed by atoms with van der Waals surface area (Å²) in [6, 6.07) is 15.8. The molecule has 3 aliphatic rings. The molecular weight excluding hydrogens is 606 g/mol. The van der Waals surface area contributed by atoms with Gasteiger partial charge in [-0.1, -0.05) is 90.6 Å². The van der Waals surface area contributed by atoms with E-state index < -0.39 is 16.9 Å². The van der Waals surface area contributed by atoms with Gasteiger partial charge < -0.3 is 24.9 Å². The Labute approximate surface area is 283 Å². The zero-order chi connectivity index (χ0) is 34.9. The number of carbonyl (C=O) groups is 3. The Hall–Kier alpha value is -4.57. The van der Waals surface area contributed by atoms with E-state index in [4.69, 9.17) is 4.74 Å². The monoisotopic (exact) mass is 652 g/mol. The molecule has 3 aromatic rings. The molecule has 1 N–H and O–H groups in total. The number of hydrogen-bond donors (Lipinski definition) is 1. The van der Waals surface area contributed by atoms with E-state index in [-0.39, 0.29) is 23.3 Å². The molecule has 6 rings (SSSR count). The molecule has 0 saturated carbocycles. The van der Waals surface area contributed by atoms with Crippen molar-refractivity contribution in [2.24, 2.45) is 5.41 Å². The third kappa shape index (κ3) is 7.28. The molecule has 2 saturated heterocycles. The zero-order valence-electron chi connectivity index (χ0n) is 28.8. The van der Waals surface area contributed by atoms with Crippen LogP contribution in [0.15, 0.2) is 73.3 Å². The fourth-order valence-electron chi connectivity index (χ4n) is 6.30. The van der Waals surface area contributed by atoms with E-state index in [0.717, 1.165) is 47.5 Å². The second-order valence-corrected chi connectivity index (χ2v) is 14.9. The Morgan fingerprint density at radius 1 is 1.02 bits per heavy atom. The molecule has 2 aromatic carbocycles. The van der Waals surface area contributed by atoms with E-state index in [1.165, 1.54) is 0 Å². The van der Waals surface area contributed by atoms with E-state index in [1.54, 1.807) is 43.0 Å². The Morgan fingerprint density at radius 2 is 1.65 bits per heavy atom. The summed E-state index contributed by atoms with van der Waals surface area (Å²) >= 11 is 0. The largest absolute Gasteiger partial charge is 0.550 e.